The van der Waals surface area contributed by atoms with Crippen LogP contribution in [-0.2, 0) is 9.59 Å². The molecule has 0 atom stereocenters. The van der Waals surface area contributed by atoms with Gasteiger partial charge in [0.1, 0.15) is 0 Å². The van der Waals surface area contributed by atoms with Gasteiger partial charge in [0.2, 0.25) is 11.8 Å². The summed E-state index contributed by atoms with van der Waals surface area (Å²) >= 11 is 3.32. The third-order valence-corrected chi connectivity index (χ3v) is 2.68. The lowest BCUT2D eigenvalue weighted by Crippen LogP contribution is -2.39. The number of carbonyl (C=O) groups excluding carboxylic acids is 2. The van der Waals surface area contributed by atoms with E-state index in [0.717, 1.165) is 18.2 Å². The van der Waals surface area contributed by atoms with Crippen LogP contribution in [0.5, 0.6) is 0 Å². The molecule has 0 unspecified atom stereocenters. The molecule has 0 aliphatic heterocycles. The van der Waals surface area contributed by atoms with Crippen molar-refractivity contribution in [3.05, 3.63) is 0 Å². The van der Waals surface area contributed by atoms with Crippen LogP contribution in [0.25, 0.3) is 0 Å². The predicted octanol–water partition coefficient (Wildman–Crippen LogP) is 1.15. The zero-order chi connectivity index (χ0) is 11.7. The normalized spacial score (nSPS) is 9.80. The zero-order valence-corrected chi connectivity index (χ0v) is 11.0. The maximum atomic E-state index is 11.6. The van der Waals surface area contributed by atoms with Gasteiger partial charge in [-0.05, 0) is 19.8 Å². The molecule has 0 radical (unpaired) electrons. The smallest absolute Gasteiger partial charge is 0.239 e. The van der Waals surface area contributed by atoms with E-state index in [4.69, 9.17) is 0 Å². The molecule has 0 bridgehead atoms. The maximum Gasteiger partial charge on any atom is 0.239 e. The molecule has 0 heterocycles. The van der Waals surface area contributed by atoms with Crippen LogP contribution >= 0.6 is 15.9 Å². The Hall–Kier alpha value is -0.580. The van der Waals surface area contributed by atoms with Crippen LogP contribution in [0.1, 0.15) is 26.2 Å². The van der Waals surface area contributed by atoms with Crippen molar-refractivity contribution in [1.82, 2.24) is 10.2 Å². The lowest BCUT2D eigenvalue weighted by molar-refractivity contribution is -0.135. The molecular formula is C10H19BrN2O2. The fourth-order valence-electron chi connectivity index (χ4n) is 1.16. The quantitative estimate of drug-likeness (QED) is 0.561. The van der Waals surface area contributed by atoms with E-state index in [1.165, 1.54) is 0 Å². The van der Waals surface area contributed by atoms with Crippen molar-refractivity contribution in [2.24, 2.45) is 0 Å². The van der Waals surface area contributed by atoms with Gasteiger partial charge in [-0.15, -0.1) is 0 Å². The second-order valence-corrected chi connectivity index (χ2v) is 4.02. The van der Waals surface area contributed by atoms with Crippen LogP contribution in [0.15, 0.2) is 0 Å². The van der Waals surface area contributed by atoms with Crippen molar-refractivity contribution >= 4 is 27.7 Å². The van der Waals surface area contributed by atoms with Crippen molar-refractivity contribution in [2.45, 2.75) is 26.2 Å². The van der Waals surface area contributed by atoms with E-state index < -0.39 is 0 Å². The summed E-state index contributed by atoms with van der Waals surface area (Å²) in [5, 5.41) is 3.43. The average molecular weight is 279 g/mol. The number of likely N-dealkylation sites (N-methyl/N-ethyl adjacent to an activating group) is 2. The Morgan fingerprint density at radius 1 is 1.33 bits per heavy atom. The summed E-state index contributed by atoms with van der Waals surface area (Å²) in [6.45, 7) is 2.63. The van der Waals surface area contributed by atoms with Gasteiger partial charge in [0.15, 0.2) is 0 Å². The molecule has 0 aromatic rings. The summed E-state index contributed by atoms with van der Waals surface area (Å²) < 4.78 is 0. The lowest BCUT2D eigenvalue weighted by Gasteiger charge is -2.19. The van der Waals surface area contributed by atoms with Crippen molar-refractivity contribution in [3.8, 4) is 0 Å². The Morgan fingerprint density at radius 3 is 2.47 bits per heavy atom. The van der Waals surface area contributed by atoms with Gasteiger partial charge >= 0.3 is 0 Å². The second-order valence-electron chi connectivity index (χ2n) is 3.23. The van der Waals surface area contributed by atoms with Crippen LogP contribution in [0.2, 0.25) is 0 Å². The molecule has 0 saturated carbocycles. The number of rotatable bonds is 7. The number of alkyl halides is 1. The highest BCUT2D eigenvalue weighted by atomic mass is 79.9. The standard InChI is InChI=1S/C10H19BrN2O2/c1-3-13(8-9(14)12-2)10(15)6-4-5-7-11/h3-8H2,1-2H3,(H,12,14). The molecule has 0 fully saturated rings. The van der Waals surface area contributed by atoms with Crippen molar-refractivity contribution < 1.29 is 9.59 Å². The van der Waals surface area contributed by atoms with Gasteiger partial charge in [-0.25, -0.2) is 0 Å². The van der Waals surface area contributed by atoms with Crippen LogP contribution in [-0.4, -0.2) is 42.2 Å². The summed E-state index contributed by atoms with van der Waals surface area (Å²) in [6.07, 6.45) is 2.38. The summed E-state index contributed by atoms with van der Waals surface area (Å²) in [5.74, 6) is -0.0623. The van der Waals surface area contributed by atoms with E-state index in [2.05, 4.69) is 21.2 Å². The average Bonchev–Trinajstić information content (AvgIpc) is 2.25. The summed E-state index contributed by atoms with van der Waals surface area (Å²) in [4.78, 5) is 24.3. The van der Waals surface area contributed by atoms with E-state index in [9.17, 15) is 9.59 Å². The van der Waals surface area contributed by atoms with Crippen molar-refractivity contribution in [3.63, 3.8) is 0 Å². The number of unbranched alkanes of at least 4 members (excludes halogenated alkanes) is 1. The highest BCUT2D eigenvalue weighted by Gasteiger charge is 2.13. The molecule has 15 heavy (non-hydrogen) atoms. The molecule has 4 nitrogen and oxygen atoms in total. The molecule has 1 N–H and O–H groups in total. The number of hydrogen-bond donors (Lipinski definition) is 1. The maximum absolute atomic E-state index is 11.6. The Labute approximate surface area is 99.5 Å². The highest BCUT2D eigenvalue weighted by Crippen LogP contribution is 2.02. The monoisotopic (exact) mass is 278 g/mol. The van der Waals surface area contributed by atoms with Gasteiger partial charge in [0, 0.05) is 25.3 Å². The van der Waals surface area contributed by atoms with Gasteiger partial charge in [0.05, 0.1) is 6.54 Å². The number of nitrogens with one attached hydrogen (secondary N) is 1. The van der Waals surface area contributed by atoms with Gasteiger partial charge < -0.3 is 10.2 Å². The lowest BCUT2D eigenvalue weighted by atomic mass is 10.2. The van der Waals surface area contributed by atoms with Gasteiger partial charge in [-0.2, -0.15) is 0 Å². The van der Waals surface area contributed by atoms with E-state index in [-0.39, 0.29) is 18.4 Å². The molecule has 0 rings (SSSR count). The Bertz CT molecular complexity index is 210. The fraction of sp³-hybridized carbons (Fsp3) is 0.800. The minimum Gasteiger partial charge on any atom is -0.358 e. The van der Waals surface area contributed by atoms with E-state index >= 15 is 0 Å². The Kier molecular flexibility index (Phi) is 8.37. The van der Waals surface area contributed by atoms with Crippen LogP contribution in [0.3, 0.4) is 0 Å². The molecule has 0 spiro atoms. The highest BCUT2D eigenvalue weighted by molar-refractivity contribution is 9.09. The first-order valence-electron chi connectivity index (χ1n) is 5.20. The van der Waals surface area contributed by atoms with Gasteiger partial charge in [-0.1, -0.05) is 15.9 Å². The molecule has 0 saturated heterocycles. The summed E-state index contributed by atoms with van der Waals surface area (Å²) in [7, 11) is 1.57. The van der Waals surface area contributed by atoms with E-state index in [1.807, 2.05) is 6.92 Å². The molecule has 88 valence electrons. The summed E-state index contributed by atoms with van der Waals surface area (Å²) in [6, 6.07) is 0. The first-order valence-corrected chi connectivity index (χ1v) is 6.32. The number of amides is 2. The minimum absolute atomic E-state index is 0.0575. The number of halogens is 1. The molecular weight excluding hydrogens is 260 g/mol. The molecule has 0 aliphatic carbocycles. The van der Waals surface area contributed by atoms with Crippen LogP contribution < -0.4 is 5.32 Å². The topological polar surface area (TPSA) is 49.4 Å². The molecule has 5 heteroatoms. The van der Waals surface area contributed by atoms with Gasteiger partial charge in [-0.3, -0.25) is 9.59 Å². The van der Waals surface area contributed by atoms with Crippen LogP contribution in [0.4, 0.5) is 0 Å². The first-order chi connectivity index (χ1) is 7.15. The Morgan fingerprint density at radius 2 is 2.00 bits per heavy atom. The zero-order valence-electron chi connectivity index (χ0n) is 9.38. The fourth-order valence-corrected chi connectivity index (χ4v) is 1.55. The molecule has 0 aromatic carbocycles. The first kappa shape index (κ1) is 14.4. The SMILES string of the molecule is CCN(CC(=O)NC)C(=O)CCCCBr. The second kappa shape index (κ2) is 8.71. The van der Waals surface area contributed by atoms with Crippen LogP contribution in [0, 0.1) is 0 Å². The third kappa shape index (κ3) is 6.49. The predicted molar refractivity (Wildman–Crippen MR) is 64.0 cm³/mol. The van der Waals surface area contributed by atoms with Crippen molar-refractivity contribution in [1.29, 1.82) is 0 Å². The van der Waals surface area contributed by atoms with Gasteiger partial charge in [0.25, 0.3) is 0 Å². The molecule has 0 aromatic heterocycles. The number of nitrogens with zero attached hydrogens (tertiary/aromatic N) is 1. The molecule has 2 amide bonds. The van der Waals surface area contributed by atoms with E-state index in [0.29, 0.717) is 13.0 Å². The van der Waals surface area contributed by atoms with Crippen molar-refractivity contribution in [2.75, 3.05) is 25.5 Å². The largest absolute Gasteiger partial charge is 0.358 e. The number of carbonyl (C=O) groups is 2. The number of hydrogen-bond acceptors (Lipinski definition) is 2. The van der Waals surface area contributed by atoms with E-state index in [1.54, 1.807) is 11.9 Å². The minimum atomic E-state index is -0.120. The molecule has 0 aliphatic rings. The third-order valence-electron chi connectivity index (χ3n) is 2.12. The Balaban J connectivity index is 3.93. The summed E-state index contributed by atoms with van der Waals surface area (Å²) in [5.41, 5.74) is 0.